The van der Waals surface area contributed by atoms with E-state index < -0.39 is 40.2 Å². The van der Waals surface area contributed by atoms with Crippen molar-refractivity contribution in [3.05, 3.63) is 68.4 Å². The molecule has 0 aliphatic rings. The lowest BCUT2D eigenvalue weighted by Gasteiger charge is -2.29. The highest BCUT2D eigenvalue weighted by molar-refractivity contribution is 7.10. The van der Waals surface area contributed by atoms with E-state index in [9.17, 15) is 19.7 Å². The second-order valence-electron chi connectivity index (χ2n) is 7.30. The molecule has 0 saturated heterocycles. The number of benzene rings is 1. The first-order chi connectivity index (χ1) is 12.6. The number of hydrogen-bond acceptors (Lipinski definition) is 6. The molecule has 0 radical (unpaired) electrons. The molecule has 1 heterocycles. The molecular weight excluding hydrogens is 366 g/mol. The summed E-state index contributed by atoms with van der Waals surface area (Å²) in [5.74, 6) is -3.41. The molecule has 2 rings (SSSR count). The minimum Gasteiger partial charge on any atom is -0.459 e. The van der Waals surface area contributed by atoms with E-state index >= 15 is 0 Å². The van der Waals surface area contributed by atoms with Gasteiger partial charge < -0.3 is 4.74 Å². The predicted octanol–water partition coefficient (Wildman–Crippen LogP) is 4.40. The summed E-state index contributed by atoms with van der Waals surface area (Å²) in [6.07, 6.45) is 0. The molecular formula is C20H23NO5S. The molecule has 0 unspecified atom stereocenters. The fourth-order valence-electron chi connectivity index (χ4n) is 3.02. The number of Topliss-reactive ketones (excluding diaryl/α,β-unsaturated/α-hetero) is 1. The maximum absolute atomic E-state index is 12.8. The van der Waals surface area contributed by atoms with Crippen molar-refractivity contribution in [3.8, 4) is 0 Å². The number of esters is 1. The number of ether oxygens (including phenoxy) is 1. The Morgan fingerprint density at radius 2 is 1.74 bits per heavy atom. The summed E-state index contributed by atoms with van der Waals surface area (Å²) in [5, 5.41) is 13.8. The fraction of sp³-hybridized carbons (Fsp3) is 0.400. The number of nitrogens with zero attached hydrogens (tertiary/aromatic N) is 1. The van der Waals surface area contributed by atoms with Crippen LogP contribution in [0, 0.1) is 16.0 Å². The molecule has 3 atom stereocenters. The summed E-state index contributed by atoms with van der Waals surface area (Å²) in [7, 11) is 0. The van der Waals surface area contributed by atoms with E-state index in [4.69, 9.17) is 4.74 Å². The van der Waals surface area contributed by atoms with Crippen molar-refractivity contribution >= 4 is 23.1 Å². The lowest BCUT2D eigenvalue weighted by molar-refractivity contribution is -0.534. The van der Waals surface area contributed by atoms with Crippen LogP contribution >= 0.6 is 11.3 Å². The van der Waals surface area contributed by atoms with Crippen LogP contribution in [-0.2, 0) is 14.3 Å². The van der Waals surface area contributed by atoms with E-state index in [1.807, 2.05) is 0 Å². The number of carbonyl (C=O) groups is 2. The third kappa shape index (κ3) is 5.23. The number of nitro groups is 1. The number of thiophene rings is 1. The standard InChI is InChI=1S/C20H23NO5S/c1-13(22)16(19(23)26-20(2,3)4)17(15-11-8-12-27-15)18(21(24)25)14-9-6-5-7-10-14/h5-12,16-18H,1-4H3/t16-,17-,18-/m0/s1. The number of hydrogen-bond donors (Lipinski definition) is 0. The summed E-state index contributed by atoms with van der Waals surface area (Å²) >= 11 is 1.29. The van der Waals surface area contributed by atoms with E-state index in [-0.39, 0.29) is 0 Å². The highest BCUT2D eigenvalue weighted by atomic mass is 32.1. The Morgan fingerprint density at radius 3 is 2.19 bits per heavy atom. The van der Waals surface area contributed by atoms with E-state index in [2.05, 4.69) is 0 Å². The molecule has 0 aliphatic heterocycles. The summed E-state index contributed by atoms with van der Waals surface area (Å²) in [6, 6.07) is 10.7. The van der Waals surface area contributed by atoms with E-state index in [0.717, 1.165) is 0 Å². The molecule has 0 bridgehead atoms. The zero-order chi connectivity index (χ0) is 20.2. The lowest BCUT2D eigenvalue weighted by Crippen LogP contribution is -2.38. The molecule has 1 aromatic carbocycles. The van der Waals surface area contributed by atoms with Crippen LogP contribution in [0.25, 0.3) is 0 Å². The number of carbonyl (C=O) groups excluding carboxylic acids is 2. The van der Waals surface area contributed by atoms with Gasteiger partial charge in [0.05, 0.1) is 5.92 Å². The van der Waals surface area contributed by atoms with Crippen LogP contribution in [0.3, 0.4) is 0 Å². The minimum atomic E-state index is -1.27. The second kappa shape index (κ2) is 8.43. The van der Waals surface area contributed by atoms with Gasteiger partial charge in [-0.3, -0.25) is 19.7 Å². The van der Waals surface area contributed by atoms with Gasteiger partial charge in [0.15, 0.2) is 0 Å². The lowest BCUT2D eigenvalue weighted by atomic mass is 9.79. The van der Waals surface area contributed by atoms with Gasteiger partial charge in [0.1, 0.15) is 17.3 Å². The molecule has 0 aliphatic carbocycles. The number of rotatable bonds is 7. The Bertz CT molecular complexity index is 796. The molecule has 1 aromatic heterocycles. The molecule has 7 heteroatoms. The van der Waals surface area contributed by atoms with Crippen molar-refractivity contribution < 1.29 is 19.2 Å². The van der Waals surface area contributed by atoms with Gasteiger partial charge >= 0.3 is 5.97 Å². The Labute approximate surface area is 162 Å². The normalized spacial score (nSPS) is 14.8. The Balaban J connectivity index is 2.59. The van der Waals surface area contributed by atoms with Gasteiger partial charge in [0, 0.05) is 15.4 Å². The first kappa shape index (κ1) is 20.8. The van der Waals surface area contributed by atoms with Crippen LogP contribution in [0.5, 0.6) is 0 Å². The van der Waals surface area contributed by atoms with Gasteiger partial charge in [-0.15, -0.1) is 11.3 Å². The summed E-state index contributed by atoms with van der Waals surface area (Å²) in [5.41, 5.74) is -0.363. The smallest absolute Gasteiger partial charge is 0.317 e. The molecule has 0 fully saturated rings. The Morgan fingerprint density at radius 1 is 1.11 bits per heavy atom. The second-order valence-corrected chi connectivity index (χ2v) is 8.28. The molecule has 6 nitrogen and oxygen atoms in total. The van der Waals surface area contributed by atoms with Gasteiger partial charge in [-0.1, -0.05) is 36.4 Å². The zero-order valence-corrected chi connectivity index (χ0v) is 16.6. The average molecular weight is 389 g/mol. The summed E-state index contributed by atoms with van der Waals surface area (Å²) < 4.78 is 5.43. The van der Waals surface area contributed by atoms with Crippen LogP contribution in [0.15, 0.2) is 47.8 Å². The Hall–Kier alpha value is -2.54. The van der Waals surface area contributed by atoms with Crippen molar-refractivity contribution in [1.82, 2.24) is 0 Å². The van der Waals surface area contributed by atoms with E-state index in [1.165, 1.54) is 18.3 Å². The minimum absolute atomic E-state index is 0.431. The fourth-order valence-corrected chi connectivity index (χ4v) is 3.92. The Kier molecular flexibility index (Phi) is 6.49. The maximum atomic E-state index is 12.8. The molecule has 2 aromatic rings. The quantitative estimate of drug-likeness (QED) is 0.303. The molecule has 0 amide bonds. The van der Waals surface area contributed by atoms with Crippen molar-refractivity contribution in [2.45, 2.75) is 45.3 Å². The van der Waals surface area contributed by atoms with Crippen LogP contribution in [0.2, 0.25) is 0 Å². The van der Waals surface area contributed by atoms with Gasteiger partial charge in [-0.25, -0.2) is 0 Å². The largest absolute Gasteiger partial charge is 0.459 e. The van der Waals surface area contributed by atoms with Gasteiger partial charge in [-0.05, 0) is 39.1 Å². The van der Waals surface area contributed by atoms with Gasteiger partial charge in [-0.2, -0.15) is 0 Å². The first-order valence-corrected chi connectivity index (χ1v) is 9.45. The monoisotopic (exact) mass is 389 g/mol. The van der Waals surface area contributed by atoms with Crippen molar-refractivity contribution in [1.29, 1.82) is 0 Å². The van der Waals surface area contributed by atoms with Crippen molar-refractivity contribution in [3.63, 3.8) is 0 Å². The van der Waals surface area contributed by atoms with E-state index in [0.29, 0.717) is 10.4 Å². The number of ketones is 1. The van der Waals surface area contributed by atoms with Crippen LogP contribution in [0.1, 0.15) is 50.1 Å². The molecule has 27 heavy (non-hydrogen) atoms. The SMILES string of the molecule is CC(=O)[C@H](C(=O)OC(C)(C)C)[C@H](c1cccs1)[C@H](c1ccccc1)[N+](=O)[O-]. The predicted molar refractivity (Wildman–Crippen MR) is 103 cm³/mol. The molecule has 0 N–H and O–H groups in total. The van der Waals surface area contributed by atoms with E-state index in [1.54, 1.807) is 68.6 Å². The topological polar surface area (TPSA) is 86.5 Å². The van der Waals surface area contributed by atoms with Crippen LogP contribution in [-0.4, -0.2) is 22.3 Å². The first-order valence-electron chi connectivity index (χ1n) is 8.57. The van der Waals surface area contributed by atoms with Crippen LogP contribution < -0.4 is 0 Å². The van der Waals surface area contributed by atoms with Crippen molar-refractivity contribution in [2.24, 2.45) is 5.92 Å². The summed E-state index contributed by atoms with van der Waals surface area (Å²) in [6.45, 7) is 6.37. The zero-order valence-electron chi connectivity index (χ0n) is 15.7. The summed E-state index contributed by atoms with van der Waals surface area (Å²) in [4.78, 5) is 37.5. The van der Waals surface area contributed by atoms with Crippen LogP contribution in [0.4, 0.5) is 0 Å². The third-order valence-electron chi connectivity index (χ3n) is 4.04. The molecule has 0 saturated carbocycles. The maximum Gasteiger partial charge on any atom is 0.317 e. The highest BCUT2D eigenvalue weighted by Crippen LogP contribution is 2.42. The third-order valence-corrected chi connectivity index (χ3v) is 5.01. The van der Waals surface area contributed by atoms with Crippen molar-refractivity contribution in [2.75, 3.05) is 0 Å². The molecule has 144 valence electrons. The average Bonchev–Trinajstić information content (AvgIpc) is 3.06. The molecule has 0 spiro atoms. The van der Waals surface area contributed by atoms with Gasteiger partial charge in [0.2, 0.25) is 6.04 Å². The van der Waals surface area contributed by atoms with Gasteiger partial charge in [0.25, 0.3) is 0 Å². The highest BCUT2D eigenvalue weighted by Gasteiger charge is 2.47.